The van der Waals surface area contributed by atoms with Crippen molar-refractivity contribution in [2.75, 3.05) is 0 Å². The van der Waals surface area contributed by atoms with E-state index in [1.165, 1.54) is 24.3 Å². The van der Waals surface area contributed by atoms with Crippen molar-refractivity contribution in [3.8, 4) is 0 Å². The fraction of sp³-hybridized carbons (Fsp3) is 0.0938. The predicted molar refractivity (Wildman–Crippen MR) is 156 cm³/mol. The number of non-ortho nitro benzene ring substituents is 1. The first-order valence-corrected chi connectivity index (χ1v) is 12.9. The molecular weight excluding hydrogens is 520 g/mol. The highest BCUT2D eigenvalue weighted by Crippen LogP contribution is 2.32. The van der Waals surface area contributed by atoms with Gasteiger partial charge in [-0.1, -0.05) is 78.9 Å². The summed E-state index contributed by atoms with van der Waals surface area (Å²) in [7, 11) is 0. The largest absolute Gasteiger partial charge is 0.481 e. The number of amides is 1. The number of hydrazone groups is 1. The number of rotatable bonds is 10. The van der Waals surface area contributed by atoms with E-state index in [0.717, 1.165) is 16.5 Å². The van der Waals surface area contributed by atoms with Crippen LogP contribution in [-0.4, -0.2) is 32.2 Å². The summed E-state index contributed by atoms with van der Waals surface area (Å²) in [6.45, 7) is 0.582. The molecule has 41 heavy (non-hydrogen) atoms. The van der Waals surface area contributed by atoms with Crippen LogP contribution in [0.25, 0.3) is 10.9 Å². The molecule has 5 rings (SSSR count). The number of fused-ring (bicyclic) bond motifs is 1. The highest BCUT2D eigenvalue weighted by atomic mass is 16.6. The zero-order valence-electron chi connectivity index (χ0n) is 21.9. The van der Waals surface area contributed by atoms with Crippen molar-refractivity contribution in [1.82, 2.24) is 9.99 Å². The van der Waals surface area contributed by atoms with Crippen LogP contribution in [0.3, 0.4) is 0 Å². The van der Waals surface area contributed by atoms with Crippen molar-refractivity contribution in [2.45, 2.75) is 18.9 Å². The topological polar surface area (TPSA) is 127 Å². The number of carboxylic acids is 1. The Balaban J connectivity index is 1.48. The van der Waals surface area contributed by atoms with Gasteiger partial charge < -0.3 is 9.67 Å². The van der Waals surface area contributed by atoms with Gasteiger partial charge in [0.05, 0.1) is 16.6 Å². The van der Waals surface area contributed by atoms with Crippen molar-refractivity contribution in [1.29, 1.82) is 0 Å². The zero-order valence-corrected chi connectivity index (χ0v) is 21.9. The van der Waals surface area contributed by atoms with Crippen LogP contribution in [0.2, 0.25) is 0 Å². The van der Waals surface area contributed by atoms with E-state index in [1.54, 1.807) is 12.1 Å². The number of carbonyl (C=O) groups is 2. The van der Waals surface area contributed by atoms with Gasteiger partial charge in [-0.05, 0) is 34.9 Å². The molecule has 204 valence electrons. The maximum Gasteiger partial charge on any atom is 0.311 e. The average Bonchev–Trinajstić information content (AvgIpc) is 3.35. The monoisotopic (exact) mass is 546 g/mol. The summed E-state index contributed by atoms with van der Waals surface area (Å²) in [5, 5.41) is 26.5. The number of hydrogen-bond donors (Lipinski definition) is 2. The fourth-order valence-corrected chi connectivity index (χ4v) is 4.76. The van der Waals surface area contributed by atoms with Crippen LogP contribution in [0.1, 0.15) is 39.4 Å². The summed E-state index contributed by atoms with van der Waals surface area (Å²) < 4.78 is 2.05. The summed E-state index contributed by atoms with van der Waals surface area (Å²) in [5.74, 6) is -2.54. The first-order chi connectivity index (χ1) is 19.9. The number of nitrogens with one attached hydrogen (secondary N) is 1. The van der Waals surface area contributed by atoms with E-state index < -0.39 is 22.7 Å². The van der Waals surface area contributed by atoms with E-state index >= 15 is 0 Å². The van der Waals surface area contributed by atoms with Crippen LogP contribution in [-0.2, 0) is 11.3 Å². The standard InChI is InChI=1S/C32H26N4O5/c37-31(24-15-17-25(18-16-24)36(40)41)34-33-29(23-11-5-2-6-12-23)19-27(32(38)39)28-21-35(20-22-9-3-1-4-10-22)30-14-8-7-13-26(28)30/h1-18,21,27H,19-20H2,(H,34,37)(H,38,39)/t27-/m1/s1. The molecule has 1 heterocycles. The van der Waals surface area contributed by atoms with Crippen LogP contribution >= 0.6 is 0 Å². The molecule has 2 N–H and O–H groups in total. The minimum absolute atomic E-state index is 0.0131. The number of aromatic nitrogens is 1. The molecule has 9 nitrogen and oxygen atoms in total. The van der Waals surface area contributed by atoms with Crippen molar-refractivity contribution in [2.24, 2.45) is 5.10 Å². The van der Waals surface area contributed by atoms with Crippen LogP contribution in [0.4, 0.5) is 5.69 Å². The van der Waals surface area contributed by atoms with Crippen molar-refractivity contribution < 1.29 is 19.6 Å². The Bertz CT molecular complexity index is 1730. The van der Waals surface area contributed by atoms with Gasteiger partial charge in [-0.3, -0.25) is 19.7 Å². The molecule has 0 fully saturated rings. The van der Waals surface area contributed by atoms with E-state index in [0.29, 0.717) is 23.4 Å². The minimum Gasteiger partial charge on any atom is -0.481 e. The van der Waals surface area contributed by atoms with Gasteiger partial charge in [0, 0.05) is 47.8 Å². The second kappa shape index (κ2) is 12.1. The number of nitrogens with zero attached hydrogens (tertiary/aromatic N) is 3. The zero-order chi connectivity index (χ0) is 28.8. The third-order valence-electron chi connectivity index (χ3n) is 6.83. The highest BCUT2D eigenvalue weighted by Gasteiger charge is 2.27. The summed E-state index contributed by atoms with van der Waals surface area (Å²) in [6.07, 6.45) is 1.90. The smallest absolute Gasteiger partial charge is 0.311 e. The number of nitro benzene ring substituents is 1. The minimum atomic E-state index is -1.02. The summed E-state index contributed by atoms with van der Waals surface area (Å²) in [5.41, 5.74) is 6.25. The molecule has 1 atom stereocenters. The van der Waals surface area contributed by atoms with E-state index in [9.17, 15) is 24.8 Å². The van der Waals surface area contributed by atoms with Gasteiger partial charge in [0.2, 0.25) is 0 Å². The highest BCUT2D eigenvalue weighted by molar-refractivity contribution is 6.05. The molecule has 0 unspecified atom stereocenters. The number of aliphatic carboxylic acids is 1. The van der Waals surface area contributed by atoms with Crippen molar-refractivity contribution >= 4 is 34.2 Å². The third kappa shape index (κ3) is 6.20. The van der Waals surface area contributed by atoms with E-state index in [4.69, 9.17) is 0 Å². The number of benzene rings is 4. The second-order valence-electron chi connectivity index (χ2n) is 9.48. The van der Waals surface area contributed by atoms with Gasteiger partial charge in [-0.2, -0.15) is 5.10 Å². The number of hydrogen-bond acceptors (Lipinski definition) is 5. The second-order valence-corrected chi connectivity index (χ2v) is 9.48. The Hall–Kier alpha value is -5.57. The molecule has 0 saturated carbocycles. The first-order valence-electron chi connectivity index (χ1n) is 12.9. The van der Waals surface area contributed by atoms with Gasteiger partial charge >= 0.3 is 5.97 Å². The summed E-state index contributed by atoms with van der Waals surface area (Å²) in [4.78, 5) is 35.9. The molecule has 0 aliphatic rings. The number of carboxylic acid groups (broad SMARTS) is 1. The normalized spacial score (nSPS) is 12.1. The van der Waals surface area contributed by atoms with Gasteiger partial charge in [0.25, 0.3) is 11.6 Å². The Morgan fingerprint density at radius 3 is 2.15 bits per heavy atom. The number of para-hydroxylation sites is 1. The van der Waals surface area contributed by atoms with Crippen LogP contribution in [0, 0.1) is 10.1 Å². The predicted octanol–water partition coefficient (Wildman–Crippen LogP) is 5.99. The summed E-state index contributed by atoms with van der Waals surface area (Å²) in [6, 6.07) is 31.8. The quantitative estimate of drug-likeness (QED) is 0.126. The van der Waals surface area contributed by atoms with E-state index in [2.05, 4.69) is 10.5 Å². The van der Waals surface area contributed by atoms with Gasteiger partial charge in [0.15, 0.2) is 0 Å². The average molecular weight is 547 g/mol. The van der Waals surface area contributed by atoms with E-state index in [1.807, 2.05) is 83.6 Å². The SMILES string of the molecule is O=C(NN=C(C[C@@H](C(=O)O)c1cn(Cc2ccccc2)c2ccccc12)c1ccccc1)c1ccc([N+](=O)[O-])cc1. The lowest BCUT2D eigenvalue weighted by molar-refractivity contribution is -0.384. The molecule has 1 amide bonds. The van der Waals surface area contributed by atoms with Crippen molar-refractivity contribution in [3.05, 3.63) is 148 Å². The van der Waals surface area contributed by atoms with Gasteiger partial charge in [-0.25, -0.2) is 5.43 Å². The first kappa shape index (κ1) is 27.0. The Labute approximate surface area is 235 Å². The molecular formula is C32H26N4O5. The maximum atomic E-state index is 12.8. The lowest BCUT2D eigenvalue weighted by atomic mass is 9.91. The Morgan fingerprint density at radius 2 is 1.49 bits per heavy atom. The molecule has 0 aliphatic carbocycles. The van der Waals surface area contributed by atoms with Crippen LogP contribution in [0.5, 0.6) is 0 Å². The van der Waals surface area contributed by atoms with Crippen LogP contribution < -0.4 is 5.43 Å². The van der Waals surface area contributed by atoms with Crippen molar-refractivity contribution in [3.63, 3.8) is 0 Å². The lowest BCUT2D eigenvalue weighted by Gasteiger charge is -2.14. The molecule has 0 saturated heterocycles. The lowest BCUT2D eigenvalue weighted by Crippen LogP contribution is -2.23. The molecule has 4 aromatic carbocycles. The molecule has 0 spiro atoms. The Kier molecular flexibility index (Phi) is 7.96. The number of carbonyl (C=O) groups excluding carboxylic acids is 1. The van der Waals surface area contributed by atoms with Gasteiger partial charge in [0.1, 0.15) is 0 Å². The van der Waals surface area contributed by atoms with Gasteiger partial charge in [-0.15, -0.1) is 0 Å². The third-order valence-corrected chi connectivity index (χ3v) is 6.83. The molecule has 5 aromatic rings. The molecule has 9 heteroatoms. The molecule has 0 bridgehead atoms. The molecule has 0 aliphatic heterocycles. The number of nitro groups is 1. The van der Waals surface area contributed by atoms with Crippen LogP contribution in [0.15, 0.2) is 120 Å². The van der Waals surface area contributed by atoms with E-state index in [-0.39, 0.29) is 17.7 Å². The molecule has 1 aromatic heterocycles. The Morgan fingerprint density at radius 1 is 0.854 bits per heavy atom. The maximum absolute atomic E-state index is 12.8. The summed E-state index contributed by atoms with van der Waals surface area (Å²) >= 11 is 0. The molecule has 0 radical (unpaired) electrons. The fourth-order valence-electron chi connectivity index (χ4n) is 4.76.